The number of hydrogen-bond acceptors (Lipinski definition) is 4. The van der Waals surface area contributed by atoms with Crippen LogP contribution in [0.1, 0.15) is 0 Å². The van der Waals surface area contributed by atoms with Crippen LogP contribution >= 0.6 is 0 Å². The standard InChI is InChI=1S/C27H26N4O3/c32-25(28-18-26(33)30-16-14-29(15-17-30)20-8-2-1-3-9-20)19-31-23-12-6-4-10-21(23)27(34)22-11-5-7-13-24(22)31/h1-13H,14-19H2,(H,28,32). The van der Waals surface area contributed by atoms with Crippen molar-refractivity contribution in [3.8, 4) is 0 Å². The van der Waals surface area contributed by atoms with E-state index in [0.717, 1.165) is 18.8 Å². The van der Waals surface area contributed by atoms with E-state index in [9.17, 15) is 14.4 Å². The fraction of sp³-hybridized carbons (Fsp3) is 0.222. The summed E-state index contributed by atoms with van der Waals surface area (Å²) in [5, 5.41) is 3.91. The van der Waals surface area contributed by atoms with Crippen molar-refractivity contribution in [1.29, 1.82) is 0 Å². The highest BCUT2D eigenvalue weighted by Gasteiger charge is 2.21. The summed E-state index contributed by atoms with van der Waals surface area (Å²) in [5.74, 6) is -0.356. The van der Waals surface area contributed by atoms with E-state index in [-0.39, 0.29) is 30.3 Å². The van der Waals surface area contributed by atoms with Crippen LogP contribution in [0.3, 0.4) is 0 Å². The van der Waals surface area contributed by atoms with E-state index < -0.39 is 0 Å². The summed E-state index contributed by atoms with van der Waals surface area (Å²) in [6, 6.07) is 24.7. The van der Waals surface area contributed by atoms with E-state index in [4.69, 9.17) is 0 Å². The van der Waals surface area contributed by atoms with Crippen LogP contribution in [0.15, 0.2) is 83.7 Å². The molecular weight excluding hydrogens is 428 g/mol. The number of pyridine rings is 1. The van der Waals surface area contributed by atoms with Crippen molar-refractivity contribution in [2.45, 2.75) is 6.54 Å². The van der Waals surface area contributed by atoms with E-state index in [1.54, 1.807) is 17.0 Å². The summed E-state index contributed by atoms with van der Waals surface area (Å²) in [7, 11) is 0. The second-order valence-corrected chi connectivity index (χ2v) is 8.43. The van der Waals surface area contributed by atoms with Gasteiger partial charge in [0.2, 0.25) is 11.8 Å². The van der Waals surface area contributed by atoms with Crippen LogP contribution in [0.25, 0.3) is 21.8 Å². The predicted octanol–water partition coefficient (Wildman–Crippen LogP) is 2.62. The van der Waals surface area contributed by atoms with Crippen molar-refractivity contribution in [1.82, 2.24) is 14.8 Å². The van der Waals surface area contributed by atoms with Crippen LogP contribution < -0.4 is 15.6 Å². The summed E-state index contributed by atoms with van der Waals surface area (Å²) in [4.78, 5) is 42.4. The number of hydrogen-bond donors (Lipinski definition) is 1. The maximum absolute atomic E-state index is 12.9. The number of anilines is 1. The van der Waals surface area contributed by atoms with Gasteiger partial charge in [-0.1, -0.05) is 42.5 Å². The second-order valence-electron chi connectivity index (χ2n) is 8.43. The SMILES string of the molecule is O=C(Cn1c2ccccc2c(=O)c2ccccc21)NCC(=O)N1CCN(c2ccccc2)CC1. The van der Waals surface area contributed by atoms with E-state index in [1.165, 1.54) is 0 Å². The molecule has 0 atom stereocenters. The van der Waals surface area contributed by atoms with Gasteiger partial charge < -0.3 is 19.7 Å². The Morgan fingerprint density at radius 3 is 1.91 bits per heavy atom. The zero-order valence-electron chi connectivity index (χ0n) is 18.8. The molecule has 7 heteroatoms. The first kappa shape index (κ1) is 21.7. The minimum atomic E-state index is -0.268. The number of nitrogens with one attached hydrogen (secondary N) is 1. The Morgan fingerprint density at radius 1 is 0.735 bits per heavy atom. The molecule has 1 fully saturated rings. The molecule has 4 aromatic rings. The molecule has 0 saturated carbocycles. The Hall–Kier alpha value is -4.13. The van der Waals surface area contributed by atoms with Gasteiger partial charge in [0.15, 0.2) is 5.43 Å². The minimum absolute atomic E-state index is 0.0242. The zero-order chi connectivity index (χ0) is 23.5. The third-order valence-electron chi connectivity index (χ3n) is 6.37. The van der Waals surface area contributed by atoms with Gasteiger partial charge >= 0.3 is 0 Å². The smallest absolute Gasteiger partial charge is 0.242 e. The molecule has 0 radical (unpaired) electrons. The fourth-order valence-electron chi connectivity index (χ4n) is 4.59. The van der Waals surface area contributed by atoms with Crippen molar-refractivity contribution >= 4 is 39.3 Å². The van der Waals surface area contributed by atoms with E-state index in [2.05, 4.69) is 22.3 Å². The third kappa shape index (κ3) is 4.24. The van der Waals surface area contributed by atoms with Crippen LogP contribution in [0.2, 0.25) is 0 Å². The summed E-state index contributed by atoms with van der Waals surface area (Å²) in [5.41, 5.74) is 2.51. The van der Waals surface area contributed by atoms with Crippen molar-refractivity contribution < 1.29 is 9.59 Å². The summed E-state index contributed by atoms with van der Waals surface area (Å²) < 4.78 is 1.84. The summed E-state index contributed by atoms with van der Waals surface area (Å²) in [6.45, 7) is 2.76. The summed E-state index contributed by atoms with van der Waals surface area (Å²) >= 11 is 0. The van der Waals surface area contributed by atoms with Gasteiger partial charge in [-0.15, -0.1) is 0 Å². The summed E-state index contributed by atoms with van der Waals surface area (Å²) in [6.07, 6.45) is 0. The third-order valence-corrected chi connectivity index (χ3v) is 6.37. The molecule has 0 unspecified atom stereocenters. The van der Waals surface area contributed by atoms with Crippen molar-refractivity contribution in [3.05, 3.63) is 89.1 Å². The lowest BCUT2D eigenvalue weighted by Crippen LogP contribution is -2.51. The lowest BCUT2D eigenvalue weighted by atomic mass is 10.1. The van der Waals surface area contributed by atoms with E-state index in [0.29, 0.717) is 34.9 Å². The van der Waals surface area contributed by atoms with Crippen LogP contribution in [0.4, 0.5) is 5.69 Å². The molecule has 1 saturated heterocycles. The molecular formula is C27H26N4O3. The van der Waals surface area contributed by atoms with Gasteiger partial charge in [0.05, 0.1) is 17.6 Å². The number of benzene rings is 3. The average molecular weight is 455 g/mol. The minimum Gasteiger partial charge on any atom is -0.368 e. The van der Waals surface area contributed by atoms with Gasteiger partial charge in [-0.3, -0.25) is 14.4 Å². The Balaban J connectivity index is 1.24. The highest BCUT2D eigenvalue weighted by Crippen LogP contribution is 2.19. The van der Waals surface area contributed by atoms with Gasteiger partial charge in [0.25, 0.3) is 0 Å². The van der Waals surface area contributed by atoms with Gasteiger partial charge in [0, 0.05) is 42.6 Å². The number of fused-ring (bicyclic) bond motifs is 2. The largest absolute Gasteiger partial charge is 0.368 e. The predicted molar refractivity (Wildman–Crippen MR) is 134 cm³/mol. The number of piperazine rings is 1. The number of rotatable bonds is 5. The molecule has 1 aliphatic rings. The maximum Gasteiger partial charge on any atom is 0.242 e. The number of carbonyl (C=O) groups is 2. The highest BCUT2D eigenvalue weighted by atomic mass is 16.2. The lowest BCUT2D eigenvalue weighted by Gasteiger charge is -2.36. The molecule has 172 valence electrons. The van der Waals surface area contributed by atoms with Crippen LogP contribution in [-0.2, 0) is 16.1 Å². The number of carbonyl (C=O) groups excluding carboxylic acids is 2. The van der Waals surface area contributed by atoms with Crippen molar-refractivity contribution in [2.75, 3.05) is 37.6 Å². The van der Waals surface area contributed by atoms with E-state index in [1.807, 2.05) is 59.2 Å². The molecule has 1 aromatic heterocycles. The number of aromatic nitrogens is 1. The van der Waals surface area contributed by atoms with Gasteiger partial charge in [-0.25, -0.2) is 0 Å². The Kier molecular flexibility index (Phi) is 5.99. The average Bonchev–Trinajstić information content (AvgIpc) is 2.90. The monoisotopic (exact) mass is 454 g/mol. The van der Waals surface area contributed by atoms with Gasteiger partial charge in [0.1, 0.15) is 6.54 Å². The Morgan fingerprint density at radius 2 is 1.29 bits per heavy atom. The van der Waals surface area contributed by atoms with Crippen molar-refractivity contribution in [2.24, 2.45) is 0 Å². The molecule has 7 nitrogen and oxygen atoms in total. The fourth-order valence-corrected chi connectivity index (χ4v) is 4.59. The van der Waals surface area contributed by atoms with Crippen molar-refractivity contribution in [3.63, 3.8) is 0 Å². The number of nitrogens with zero attached hydrogens (tertiary/aromatic N) is 3. The first-order valence-corrected chi connectivity index (χ1v) is 11.5. The van der Waals surface area contributed by atoms with Gasteiger partial charge in [-0.2, -0.15) is 0 Å². The van der Waals surface area contributed by atoms with E-state index >= 15 is 0 Å². The topological polar surface area (TPSA) is 74.6 Å². The molecule has 5 rings (SSSR count). The van der Waals surface area contributed by atoms with Crippen LogP contribution in [-0.4, -0.2) is 54.0 Å². The quantitative estimate of drug-likeness (QED) is 0.471. The normalized spacial score (nSPS) is 13.9. The molecule has 2 heterocycles. The van der Waals surface area contributed by atoms with Crippen LogP contribution in [0, 0.1) is 0 Å². The lowest BCUT2D eigenvalue weighted by molar-refractivity contribution is -0.133. The molecule has 2 amide bonds. The molecule has 1 N–H and O–H groups in total. The Labute approximate surface area is 197 Å². The molecule has 0 aliphatic carbocycles. The maximum atomic E-state index is 12.9. The second kappa shape index (κ2) is 9.39. The highest BCUT2D eigenvalue weighted by molar-refractivity contribution is 5.95. The Bertz CT molecular complexity index is 1350. The zero-order valence-corrected chi connectivity index (χ0v) is 18.8. The number of para-hydroxylation sites is 3. The first-order chi connectivity index (χ1) is 16.6. The molecule has 1 aliphatic heterocycles. The molecule has 34 heavy (non-hydrogen) atoms. The van der Waals surface area contributed by atoms with Gasteiger partial charge in [-0.05, 0) is 36.4 Å². The molecule has 3 aromatic carbocycles. The number of amides is 2. The van der Waals surface area contributed by atoms with Crippen LogP contribution in [0.5, 0.6) is 0 Å². The molecule has 0 bridgehead atoms. The molecule has 0 spiro atoms. The first-order valence-electron chi connectivity index (χ1n) is 11.5.